The van der Waals surface area contributed by atoms with Crippen molar-refractivity contribution in [2.45, 2.75) is 51.0 Å². The Balaban J connectivity index is 1.27. The summed E-state index contributed by atoms with van der Waals surface area (Å²) in [6.07, 6.45) is -1.11. The van der Waals surface area contributed by atoms with Gasteiger partial charge in [-0.1, -0.05) is 54.6 Å². The Kier molecular flexibility index (Phi) is 13.2. The van der Waals surface area contributed by atoms with E-state index in [1.54, 1.807) is 24.3 Å². The third-order valence-electron chi connectivity index (χ3n) is 9.48. The van der Waals surface area contributed by atoms with Crippen LogP contribution in [0.25, 0.3) is 0 Å². The first kappa shape index (κ1) is 39.2. The molecule has 16 heteroatoms. The van der Waals surface area contributed by atoms with E-state index in [9.17, 15) is 33.9 Å². The third kappa shape index (κ3) is 9.69. The van der Waals surface area contributed by atoms with Gasteiger partial charge in [0.15, 0.2) is 0 Å². The van der Waals surface area contributed by atoms with Crippen LogP contribution in [0.1, 0.15) is 52.9 Å². The lowest BCUT2D eigenvalue weighted by Gasteiger charge is -2.35. The molecule has 3 aromatic rings. The summed E-state index contributed by atoms with van der Waals surface area (Å²) < 4.78 is 25.8. The van der Waals surface area contributed by atoms with Gasteiger partial charge in [0.1, 0.15) is 30.5 Å². The molecule has 2 aliphatic rings. The summed E-state index contributed by atoms with van der Waals surface area (Å²) in [7, 11) is 1.25. The van der Waals surface area contributed by atoms with E-state index in [0.717, 1.165) is 16.5 Å². The molecule has 3 aromatic carbocycles. The largest absolute Gasteiger partial charge is 0.465 e. The first-order chi connectivity index (χ1) is 25.9. The minimum absolute atomic E-state index is 0.0199. The van der Waals surface area contributed by atoms with E-state index in [4.69, 9.17) is 9.47 Å². The highest BCUT2D eigenvalue weighted by molar-refractivity contribution is 6.02. The maximum Gasteiger partial charge on any atom is 0.407 e. The number of benzene rings is 3. The second-order valence-corrected chi connectivity index (χ2v) is 13.0. The van der Waals surface area contributed by atoms with Gasteiger partial charge in [-0.25, -0.2) is 14.0 Å². The van der Waals surface area contributed by atoms with Crippen LogP contribution < -0.4 is 21.3 Å². The number of nitrogens with one attached hydrogen (secondary N) is 4. The monoisotopic (exact) mass is 746 g/mol. The smallest absolute Gasteiger partial charge is 0.407 e. The summed E-state index contributed by atoms with van der Waals surface area (Å²) in [5.41, 5.74) is 1.72. The maximum atomic E-state index is 15.1. The lowest BCUT2D eigenvalue weighted by Crippen LogP contribution is -2.57. The molecule has 5 rings (SSSR count). The Morgan fingerprint density at radius 1 is 0.963 bits per heavy atom. The number of carbonyl (C=O) groups excluding carboxylic acids is 5. The zero-order valence-electron chi connectivity index (χ0n) is 29.9. The van der Waals surface area contributed by atoms with Crippen LogP contribution in [-0.4, -0.2) is 96.2 Å². The normalized spacial score (nSPS) is 16.3. The number of ether oxygens (including phenoxy) is 2. The molecule has 5 N–H and O–H groups in total. The zero-order valence-corrected chi connectivity index (χ0v) is 29.9. The Morgan fingerprint density at radius 3 is 2.37 bits per heavy atom. The molecule has 3 atom stereocenters. The van der Waals surface area contributed by atoms with Gasteiger partial charge in [-0.15, -0.1) is 0 Å². The van der Waals surface area contributed by atoms with Crippen LogP contribution in [0.5, 0.6) is 0 Å². The predicted octanol–water partition coefficient (Wildman–Crippen LogP) is 3.41. The quantitative estimate of drug-likeness (QED) is 0.163. The van der Waals surface area contributed by atoms with Gasteiger partial charge in [0, 0.05) is 45.5 Å². The second-order valence-electron chi connectivity index (χ2n) is 13.0. The van der Waals surface area contributed by atoms with Crippen molar-refractivity contribution in [3.05, 3.63) is 101 Å². The fraction of sp³-hybridized carbons (Fsp3) is 0.368. The van der Waals surface area contributed by atoms with Crippen molar-refractivity contribution in [3.8, 4) is 0 Å². The Labute approximate surface area is 311 Å². The molecule has 0 unspecified atom stereocenters. The summed E-state index contributed by atoms with van der Waals surface area (Å²) in [4.78, 5) is 80.3. The van der Waals surface area contributed by atoms with E-state index in [-0.39, 0.29) is 43.4 Å². The SMILES string of the molecule is C[C@@H](C(=O)N[C@H](C(=O)N1Cc2ccccc2[C@H]1C(=O)Nc1cc(C(=O)NCCNC(=O)OCc2ccccc2)ccc1F)C1CCOCC1)N(C)C(=O)O. The minimum atomic E-state index is -1.32. The molecule has 0 spiro atoms. The molecule has 0 saturated carbocycles. The van der Waals surface area contributed by atoms with Gasteiger partial charge in [-0.05, 0) is 60.6 Å². The van der Waals surface area contributed by atoms with Gasteiger partial charge in [0.2, 0.25) is 11.8 Å². The van der Waals surface area contributed by atoms with Crippen LogP contribution in [0, 0.1) is 11.7 Å². The van der Waals surface area contributed by atoms with Crippen LogP contribution in [0.2, 0.25) is 0 Å². The van der Waals surface area contributed by atoms with E-state index in [1.165, 1.54) is 31.0 Å². The Hall–Kier alpha value is -6.03. The molecule has 0 aliphatic carbocycles. The number of carboxylic acid groups (broad SMARTS) is 1. The van der Waals surface area contributed by atoms with E-state index in [2.05, 4.69) is 21.3 Å². The fourth-order valence-corrected chi connectivity index (χ4v) is 6.28. The van der Waals surface area contributed by atoms with Crippen molar-refractivity contribution >= 4 is 41.5 Å². The van der Waals surface area contributed by atoms with Crippen LogP contribution in [0.15, 0.2) is 72.8 Å². The fourth-order valence-electron chi connectivity index (χ4n) is 6.28. The summed E-state index contributed by atoms with van der Waals surface area (Å²) in [5.74, 6) is -3.78. The topological polar surface area (TPSA) is 196 Å². The second kappa shape index (κ2) is 18.1. The number of amides is 6. The first-order valence-electron chi connectivity index (χ1n) is 17.5. The molecule has 15 nitrogen and oxygen atoms in total. The highest BCUT2D eigenvalue weighted by Crippen LogP contribution is 2.36. The molecule has 2 heterocycles. The molecular weight excluding hydrogens is 703 g/mol. The summed E-state index contributed by atoms with van der Waals surface area (Å²) >= 11 is 0. The molecule has 6 amide bonds. The van der Waals surface area contributed by atoms with Crippen LogP contribution in [0.4, 0.5) is 19.7 Å². The third-order valence-corrected chi connectivity index (χ3v) is 9.48. The molecule has 1 saturated heterocycles. The number of halogens is 1. The molecule has 286 valence electrons. The van der Waals surface area contributed by atoms with Crippen LogP contribution in [0.3, 0.4) is 0 Å². The zero-order chi connectivity index (χ0) is 38.8. The van der Waals surface area contributed by atoms with E-state index >= 15 is 4.39 Å². The van der Waals surface area contributed by atoms with Crippen molar-refractivity contribution in [1.29, 1.82) is 0 Å². The number of hydrogen-bond acceptors (Lipinski definition) is 8. The number of fused-ring (bicyclic) bond motifs is 1. The molecule has 1 fully saturated rings. The number of hydrogen-bond donors (Lipinski definition) is 5. The highest BCUT2D eigenvalue weighted by atomic mass is 19.1. The van der Waals surface area contributed by atoms with Gasteiger partial charge in [0.25, 0.3) is 11.8 Å². The number of carbonyl (C=O) groups is 6. The molecule has 54 heavy (non-hydrogen) atoms. The van der Waals surface area contributed by atoms with Gasteiger partial charge < -0.3 is 40.7 Å². The van der Waals surface area contributed by atoms with E-state index in [1.807, 2.05) is 30.3 Å². The van der Waals surface area contributed by atoms with E-state index < -0.39 is 59.8 Å². The van der Waals surface area contributed by atoms with Crippen LogP contribution >= 0.6 is 0 Å². The lowest BCUT2D eigenvalue weighted by molar-refractivity contribution is -0.144. The van der Waals surface area contributed by atoms with Gasteiger partial charge >= 0.3 is 12.2 Å². The maximum absolute atomic E-state index is 15.1. The summed E-state index contributed by atoms with van der Waals surface area (Å²) in [6.45, 7) is 2.29. The standard InChI is InChI=1S/C38H43FN6O9/c1-23(44(2)38(51)52)33(46)43-31(25-14-18-53-19-15-25)36(49)45-21-27-10-6-7-11-28(27)32(45)35(48)42-30-20-26(12-13-29(30)39)34(47)40-16-17-41-37(50)54-22-24-8-4-3-5-9-24/h3-13,20,23,25,31-32H,14-19,21-22H2,1-2H3,(H,40,47)(H,41,50)(H,42,48)(H,43,46)(H,51,52)/t23-,31-,32-/m0/s1. The molecule has 0 aromatic heterocycles. The number of alkyl carbamates (subject to hydrolysis) is 1. The van der Waals surface area contributed by atoms with E-state index in [0.29, 0.717) is 37.2 Å². The number of rotatable bonds is 13. The van der Waals surface area contributed by atoms with Gasteiger partial charge in [0.05, 0.1) is 5.69 Å². The molecule has 0 bridgehead atoms. The molecule has 2 aliphatic heterocycles. The first-order valence-corrected chi connectivity index (χ1v) is 17.5. The Morgan fingerprint density at radius 2 is 1.65 bits per heavy atom. The lowest BCUT2D eigenvalue weighted by atomic mass is 9.90. The van der Waals surface area contributed by atoms with Crippen molar-refractivity contribution in [2.24, 2.45) is 5.92 Å². The minimum Gasteiger partial charge on any atom is -0.465 e. The summed E-state index contributed by atoms with van der Waals surface area (Å²) in [5, 5.41) is 19.9. The Bertz CT molecular complexity index is 1860. The van der Waals surface area contributed by atoms with Crippen molar-refractivity contribution in [1.82, 2.24) is 25.8 Å². The number of likely N-dealkylation sites (N-methyl/N-ethyl adjacent to an activating group) is 1. The van der Waals surface area contributed by atoms with Gasteiger partial charge in [-0.2, -0.15) is 0 Å². The average molecular weight is 747 g/mol. The molecule has 0 radical (unpaired) electrons. The van der Waals surface area contributed by atoms with Crippen molar-refractivity contribution in [2.75, 3.05) is 38.7 Å². The number of anilines is 1. The summed E-state index contributed by atoms with van der Waals surface area (Å²) in [6, 6.07) is 16.0. The molecular formula is C38H43FN6O9. The average Bonchev–Trinajstić information content (AvgIpc) is 3.58. The van der Waals surface area contributed by atoms with Crippen molar-refractivity contribution in [3.63, 3.8) is 0 Å². The predicted molar refractivity (Wildman–Crippen MR) is 192 cm³/mol. The van der Waals surface area contributed by atoms with Gasteiger partial charge in [-0.3, -0.25) is 24.1 Å². The highest BCUT2D eigenvalue weighted by Gasteiger charge is 2.44. The van der Waals surface area contributed by atoms with Crippen molar-refractivity contribution < 1.29 is 47.7 Å². The number of nitrogens with zero attached hydrogens (tertiary/aromatic N) is 2. The van der Waals surface area contributed by atoms with Crippen LogP contribution in [-0.2, 0) is 37.0 Å².